The molecular formula is C11H11N3. The highest BCUT2D eigenvalue weighted by Gasteiger charge is 2.09. The molecule has 2 heterocycles. The zero-order valence-corrected chi connectivity index (χ0v) is 7.99. The summed E-state index contributed by atoms with van der Waals surface area (Å²) in [4.78, 5) is 0. The second-order valence-electron chi connectivity index (χ2n) is 3.39. The van der Waals surface area contributed by atoms with Crippen molar-refractivity contribution in [3.05, 3.63) is 30.5 Å². The summed E-state index contributed by atoms with van der Waals surface area (Å²) in [5.74, 6) is 0. The Hall–Kier alpha value is -1.77. The van der Waals surface area contributed by atoms with Crippen LogP contribution in [0.1, 0.15) is 6.92 Å². The molecule has 3 aromatic rings. The Morgan fingerprint density at radius 1 is 1.29 bits per heavy atom. The number of benzene rings is 1. The van der Waals surface area contributed by atoms with Gasteiger partial charge in [0.25, 0.3) is 0 Å². The molecule has 0 unspecified atom stereocenters. The van der Waals surface area contributed by atoms with E-state index < -0.39 is 0 Å². The summed E-state index contributed by atoms with van der Waals surface area (Å²) in [6, 6.07) is 8.40. The molecular weight excluding hydrogens is 174 g/mol. The first-order chi connectivity index (χ1) is 6.92. The fourth-order valence-corrected chi connectivity index (χ4v) is 2.07. The van der Waals surface area contributed by atoms with Crippen molar-refractivity contribution < 1.29 is 0 Å². The number of hydrogen-bond acceptors (Lipinski definition) is 1. The highest BCUT2D eigenvalue weighted by atomic mass is 15.1. The van der Waals surface area contributed by atoms with E-state index in [2.05, 4.69) is 46.0 Å². The van der Waals surface area contributed by atoms with E-state index in [9.17, 15) is 0 Å². The maximum absolute atomic E-state index is 4.07. The molecule has 0 fully saturated rings. The molecule has 0 aliphatic rings. The first kappa shape index (κ1) is 7.62. The van der Waals surface area contributed by atoms with Gasteiger partial charge in [-0.1, -0.05) is 18.2 Å². The molecule has 0 aliphatic heterocycles. The Kier molecular flexibility index (Phi) is 1.42. The predicted molar refractivity (Wildman–Crippen MR) is 57.3 cm³/mol. The largest absolute Gasteiger partial charge is 0.338 e. The van der Waals surface area contributed by atoms with Gasteiger partial charge in [-0.15, -0.1) is 0 Å². The second kappa shape index (κ2) is 2.61. The van der Waals surface area contributed by atoms with Crippen molar-refractivity contribution in [2.75, 3.05) is 0 Å². The second-order valence-corrected chi connectivity index (χ2v) is 3.39. The van der Waals surface area contributed by atoms with Crippen LogP contribution in [-0.4, -0.2) is 14.8 Å². The molecule has 70 valence electrons. The maximum Gasteiger partial charge on any atom is 0.0908 e. The van der Waals surface area contributed by atoms with Crippen LogP contribution in [0.25, 0.3) is 21.9 Å². The van der Waals surface area contributed by atoms with Gasteiger partial charge in [0.1, 0.15) is 0 Å². The van der Waals surface area contributed by atoms with Gasteiger partial charge in [0.15, 0.2) is 0 Å². The van der Waals surface area contributed by atoms with E-state index in [1.807, 2.05) is 6.20 Å². The molecule has 0 bridgehead atoms. The lowest BCUT2D eigenvalue weighted by atomic mass is 10.2. The lowest BCUT2D eigenvalue weighted by Crippen LogP contribution is -1.91. The highest BCUT2D eigenvalue weighted by molar-refractivity contribution is 6.05. The average Bonchev–Trinajstić information content (AvgIpc) is 2.77. The Morgan fingerprint density at radius 2 is 2.14 bits per heavy atom. The summed E-state index contributed by atoms with van der Waals surface area (Å²) >= 11 is 0. The van der Waals surface area contributed by atoms with E-state index in [0.717, 1.165) is 12.1 Å². The van der Waals surface area contributed by atoms with Crippen LogP contribution in [0.5, 0.6) is 0 Å². The minimum Gasteiger partial charge on any atom is -0.338 e. The third kappa shape index (κ3) is 0.789. The first-order valence-corrected chi connectivity index (χ1v) is 4.82. The normalized spacial score (nSPS) is 11.5. The van der Waals surface area contributed by atoms with Crippen molar-refractivity contribution in [2.24, 2.45) is 0 Å². The number of aromatic nitrogens is 3. The number of fused-ring (bicyclic) bond motifs is 3. The zero-order chi connectivity index (χ0) is 9.54. The maximum atomic E-state index is 4.07. The number of para-hydroxylation sites is 1. The lowest BCUT2D eigenvalue weighted by molar-refractivity contribution is 0.827. The number of aromatic amines is 1. The summed E-state index contributed by atoms with van der Waals surface area (Å²) in [6.45, 7) is 3.13. The van der Waals surface area contributed by atoms with E-state index in [4.69, 9.17) is 0 Å². The molecule has 1 N–H and O–H groups in total. The minimum atomic E-state index is 0.976. The topological polar surface area (TPSA) is 33.6 Å². The summed E-state index contributed by atoms with van der Waals surface area (Å²) in [7, 11) is 0. The van der Waals surface area contributed by atoms with Crippen molar-refractivity contribution >= 4 is 21.9 Å². The predicted octanol–water partition coefficient (Wildman–Crippen LogP) is 2.54. The molecule has 0 saturated carbocycles. The monoisotopic (exact) mass is 185 g/mol. The quantitative estimate of drug-likeness (QED) is 0.621. The van der Waals surface area contributed by atoms with Gasteiger partial charge in [-0.25, -0.2) is 0 Å². The molecule has 0 saturated heterocycles. The van der Waals surface area contributed by atoms with Gasteiger partial charge in [-0.3, -0.25) is 5.10 Å². The van der Waals surface area contributed by atoms with Crippen molar-refractivity contribution in [1.29, 1.82) is 0 Å². The van der Waals surface area contributed by atoms with Crippen LogP contribution in [0.4, 0.5) is 0 Å². The smallest absolute Gasteiger partial charge is 0.0908 e. The molecule has 0 atom stereocenters. The van der Waals surface area contributed by atoms with Crippen LogP contribution < -0.4 is 0 Å². The van der Waals surface area contributed by atoms with Crippen LogP contribution >= 0.6 is 0 Å². The van der Waals surface area contributed by atoms with Gasteiger partial charge in [0.05, 0.1) is 22.7 Å². The van der Waals surface area contributed by atoms with Gasteiger partial charge in [0, 0.05) is 11.9 Å². The third-order valence-electron chi connectivity index (χ3n) is 2.69. The van der Waals surface area contributed by atoms with Gasteiger partial charge >= 0.3 is 0 Å². The molecule has 0 radical (unpaired) electrons. The number of H-pyrrole nitrogens is 1. The number of nitrogens with one attached hydrogen (secondary N) is 1. The lowest BCUT2D eigenvalue weighted by Gasteiger charge is -1.99. The fraction of sp³-hybridized carbons (Fsp3) is 0.182. The third-order valence-corrected chi connectivity index (χ3v) is 2.69. The molecule has 14 heavy (non-hydrogen) atoms. The Labute approximate surface area is 81.3 Å². The fourth-order valence-electron chi connectivity index (χ4n) is 2.07. The Bertz CT molecular complexity index is 589. The Morgan fingerprint density at radius 3 is 3.00 bits per heavy atom. The van der Waals surface area contributed by atoms with E-state index in [-0.39, 0.29) is 0 Å². The van der Waals surface area contributed by atoms with Gasteiger partial charge in [-0.2, -0.15) is 5.10 Å². The van der Waals surface area contributed by atoms with Gasteiger partial charge in [0.2, 0.25) is 0 Å². The van der Waals surface area contributed by atoms with E-state index in [1.165, 1.54) is 16.4 Å². The number of aryl methyl sites for hydroxylation is 1. The summed E-state index contributed by atoms with van der Waals surface area (Å²) in [5, 5.41) is 8.37. The van der Waals surface area contributed by atoms with E-state index in [0.29, 0.717) is 0 Å². The zero-order valence-electron chi connectivity index (χ0n) is 7.99. The van der Waals surface area contributed by atoms with Crippen LogP contribution in [-0.2, 0) is 6.54 Å². The molecule has 0 aliphatic carbocycles. The average molecular weight is 185 g/mol. The number of rotatable bonds is 1. The van der Waals surface area contributed by atoms with E-state index in [1.54, 1.807) is 0 Å². The number of nitrogens with zero attached hydrogens (tertiary/aromatic N) is 2. The molecule has 3 rings (SSSR count). The molecule has 0 spiro atoms. The van der Waals surface area contributed by atoms with Gasteiger partial charge < -0.3 is 4.57 Å². The van der Waals surface area contributed by atoms with E-state index >= 15 is 0 Å². The van der Waals surface area contributed by atoms with Crippen molar-refractivity contribution in [2.45, 2.75) is 13.5 Å². The van der Waals surface area contributed by atoms with Crippen LogP contribution in [0.15, 0.2) is 30.5 Å². The Balaban J connectivity index is 2.62. The SMILES string of the molecule is CCn1c2ccccc2c2[nH]ncc21. The molecule has 3 heteroatoms. The van der Waals surface area contributed by atoms with Crippen LogP contribution in [0.2, 0.25) is 0 Å². The standard InChI is InChI=1S/C11H11N3/c1-2-14-9-6-4-3-5-8(9)11-10(14)7-12-13-11/h3-7H,2H2,1H3,(H,12,13). The van der Waals surface area contributed by atoms with Crippen molar-refractivity contribution in [3.63, 3.8) is 0 Å². The number of hydrogen-bond donors (Lipinski definition) is 1. The highest BCUT2D eigenvalue weighted by Crippen LogP contribution is 2.26. The summed E-state index contributed by atoms with van der Waals surface area (Å²) in [5.41, 5.74) is 3.61. The summed E-state index contributed by atoms with van der Waals surface area (Å²) in [6.07, 6.45) is 1.89. The first-order valence-electron chi connectivity index (χ1n) is 4.82. The van der Waals surface area contributed by atoms with Crippen LogP contribution in [0, 0.1) is 0 Å². The van der Waals surface area contributed by atoms with Crippen LogP contribution in [0.3, 0.4) is 0 Å². The molecule has 2 aromatic heterocycles. The summed E-state index contributed by atoms with van der Waals surface area (Å²) < 4.78 is 2.27. The van der Waals surface area contributed by atoms with Crippen molar-refractivity contribution in [1.82, 2.24) is 14.8 Å². The van der Waals surface area contributed by atoms with Crippen molar-refractivity contribution in [3.8, 4) is 0 Å². The molecule has 3 nitrogen and oxygen atoms in total. The minimum absolute atomic E-state index is 0.976. The van der Waals surface area contributed by atoms with Gasteiger partial charge in [-0.05, 0) is 13.0 Å². The molecule has 1 aromatic carbocycles. The molecule has 0 amide bonds.